The van der Waals surface area contributed by atoms with Gasteiger partial charge in [0.25, 0.3) is 11.5 Å². The minimum atomic E-state index is -0.794. The lowest BCUT2D eigenvalue weighted by Gasteiger charge is -2.26. The lowest BCUT2D eigenvalue weighted by molar-refractivity contribution is -0.138. The Hall–Kier alpha value is -4.56. The maximum Gasteiger partial charge on any atom is 0.338 e. The summed E-state index contributed by atoms with van der Waals surface area (Å²) in [7, 11) is 0. The van der Waals surface area contributed by atoms with E-state index >= 15 is 0 Å². The summed E-state index contributed by atoms with van der Waals surface area (Å²) in [6.45, 7) is 8.10. The van der Waals surface area contributed by atoms with Crippen LogP contribution >= 0.6 is 11.3 Å². The molecule has 41 heavy (non-hydrogen) atoms. The Balaban J connectivity index is 1.70. The minimum absolute atomic E-state index is 0.175. The van der Waals surface area contributed by atoms with E-state index in [0.717, 1.165) is 33.6 Å². The van der Waals surface area contributed by atoms with Gasteiger partial charge in [0.15, 0.2) is 4.80 Å². The van der Waals surface area contributed by atoms with E-state index in [9.17, 15) is 14.4 Å². The number of nitrogens with zero attached hydrogens (tertiary/aromatic N) is 2. The van der Waals surface area contributed by atoms with Crippen LogP contribution < -0.4 is 20.2 Å². The van der Waals surface area contributed by atoms with Crippen LogP contribution in [0.25, 0.3) is 11.3 Å². The quantitative estimate of drug-likeness (QED) is 0.357. The Kier molecular flexibility index (Phi) is 6.79. The van der Waals surface area contributed by atoms with E-state index in [1.807, 2.05) is 79.7 Å². The highest BCUT2D eigenvalue weighted by Gasteiger charge is 2.36. The van der Waals surface area contributed by atoms with E-state index < -0.39 is 12.0 Å². The topological polar surface area (TPSA) is 89.8 Å². The molecule has 1 N–H and O–H groups in total. The Labute approximate surface area is 241 Å². The number of fused-ring (bicyclic) bond motifs is 2. The Bertz CT molecular complexity index is 1920. The first kappa shape index (κ1) is 26.7. The van der Waals surface area contributed by atoms with E-state index in [1.165, 1.54) is 4.57 Å². The molecule has 0 unspecified atom stereocenters. The normalized spacial score (nSPS) is 17.2. The van der Waals surface area contributed by atoms with Crippen molar-refractivity contribution in [1.82, 2.24) is 4.57 Å². The van der Waals surface area contributed by atoms with Crippen LogP contribution in [0, 0.1) is 6.92 Å². The number of rotatable bonds is 5. The van der Waals surface area contributed by atoms with Crippen molar-refractivity contribution in [3.63, 3.8) is 0 Å². The average molecular weight is 564 g/mol. The monoisotopic (exact) mass is 563 g/mol. The smallest absolute Gasteiger partial charge is 0.338 e. The summed E-state index contributed by atoms with van der Waals surface area (Å²) < 4.78 is 7.37. The lowest BCUT2D eigenvalue weighted by Crippen LogP contribution is -2.40. The fourth-order valence-corrected chi connectivity index (χ4v) is 6.47. The molecule has 2 aliphatic heterocycles. The van der Waals surface area contributed by atoms with Crippen LogP contribution in [0.2, 0.25) is 0 Å². The van der Waals surface area contributed by atoms with Crippen molar-refractivity contribution in [3.05, 3.63) is 126 Å². The molecule has 0 spiro atoms. The van der Waals surface area contributed by atoms with Crippen molar-refractivity contribution in [2.75, 3.05) is 11.9 Å². The van der Waals surface area contributed by atoms with Crippen molar-refractivity contribution < 1.29 is 14.3 Å². The molecule has 2 aliphatic rings. The van der Waals surface area contributed by atoms with Gasteiger partial charge >= 0.3 is 5.97 Å². The number of carbonyl (C=O) groups is 2. The third kappa shape index (κ3) is 4.54. The van der Waals surface area contributed by atoms with Gasteiger partial charge in [-0.25, -0.2) is 9.79 Å². The average Bonchev–Trinajstić information content (AvgIpc) is 3.47. The summed E-state index contributed by atoms with van der Waals surface area (Å²) in [5.74, 6) is -0.552. The maximum atomic E-state index is 14.3. The molecule has 3 aromatic carbocycles. The molecule has 3 heterocycles. The van der Waals surface area contributed by atoms with Crippen molar-refractivity contribution in [3.8, 4) is 0 Å². The second kappa shape index (κ2) is 10.4. The van der Waals surface area contributed by atoms with Gasteiger partial charge in [0.05, 0.1) is 29.5 Å². The van der Waals surface area contributed by atoms with Crippen LogP contribution in [0.1, 0.15) is 60.5 Å². The standard InChI is InChI=1S/C33H29N3O4S/c1-5-40-32(39)26-27(21-9-7-6-8-10-21)35-33-36(28(26)22-14-12-20(13-15-22)18(2)3)31(38)29(41-33)25-23-17-19(4)11-16-24(23)34-30(25)37/h6-18,28H,5H2,1-4H3,(H,34,37)/b29-25-/t28-/m0/s1. The van der Waals surface area contributed by atoms with Gasteiger partial charge in [-0.1, -0.05) is 91.4 Å². The number of ether oxygens (including phenoxy) is 1. The van der Waals surface area contributed by atoms with Crippen LogP contribution in [-0.2, 0) is 14.3 Å². The molecule has 0 fully saturated rings. The Morgan fingerprint density at radius 2 is 1.78 bits per heavy atom. The van der Waals surface area contributed by atoms with E-state index in [4.69, 9.17) is 9.73 Å². The largest absolute Gasteiger partial charge is 0.463 e. The highest BCUT2D eigenvalue weighted by molar-refractivity contribution is 7.07. The number of nitrogens with one attached hydrogen (secondary N) is 1. The number of carbonyl (C=O) groups excluding carboxylic acids is 2. The number of hydrogen-bond donors (Lipinski definition) is 1. The lowest BCUT2D eigenvalue weighted by atomic mass is 9.91. The number of esters is 1. The third-order valence-corrected chi connectivity index (χ3v) is 8.47. The van der Waals surface area contributed by atoms with Gasteiger partial charge in [0.1, 0.15) is 4.53 Å². The highest BCUT2D eigenvalue weighted by atomic mass is 32.1. The molecule has 1 atom stereocenters. The second-order valence-corrected chi connectivity index (χ2v) is 11.4. The summed E-state index contributed by atoms with van der Waals surface area (Å²) in [6.07, 6.45) is 0. The summed E-state index contributed by atoms with van der Waals surface area (Å²) in [5, 5.41) is 2.89. The van der Waals surface area contributed by atoms with Gasteiger partial charge in [-0.05, 0) is 43.0 Å². The number of hydrogen-bond acceptors (Lipinski definition) is 6. The fraction of sp³-hybridized carbons (Fsp3) is 0.212. The van der Waals surface area contributed by atoms with Gasteiger partial charge in [0, 0.05) is 16.8 Å². The molecule has 0 radical (unpaired) electrons. The minimum Gasteiger partial charge on any atom is -0.463 e. The zero-order valence-electron chi connectivity index (χ0n) is 23.2. The summed E-state index contributed by atoms with van der Waals surface area (Å²) in [6, 6.07) is 22.3. The van der Waals surface area contributed by atoms with Gasteiger partial charge in [-0.3, -0.25) is 14.2 Å². The molecule has 8 heteroatoms. The predicted octanol–water partition coefficient (Wildman–Crippen LogP) is 4.69. The number of aryl methyl sites for hydroxylation is 1. The third-order valence-electron chi connectivity index (χ3n) is 7.41. The molecular weight excluding hydrogens is 534 g/mol. The van der Waals surface area contributed by atoms with Crippen molar-refractivity contribution >= 4 is 40.2 Å². The number of thiazole rings is 1. The molecular formula is C33H29N3O4S. The maximum absolute atomic E-state index is 14.3. The highest BCUT2D eigenvalue weighted by Crippen LogP contribution is 2.36. The van der Waals surface area contributed by atoms with E-state index in [2.05, 4.69) is 19.2 Å². The molecule has 206 valence electrons. The summed E-state index contributed by atoms with van der Waals surface area (Å²) in [5.41, 5.74) is 5.64. The molecule has 0 bridgehead atoms. The van der Waals surface area contributed by atoms with Crippen LogP contribution in [0.3, 0.4) is 0 Å². The molecule has 6 rings (SSSR count). The van der Waals surface area contributed by atoms with Gasteiger partial charge in [-0.2, -0.15) is 0 Å². The van der Waals surface area contributed by atoms with Gasteiger partial charge in [0.2, 0.25) is 0 Å². The fourth-order valence-electron chi connectivity index (χ4n) is 5.38. The first-order chi connectivity index (χ1) is 19.8. The Morgan fingerprint density at radius 1 is 1.05 bits per heavy atom. The summed E-state index contributed by atoms with van der Waals surface area (Å²) in [4.78, 5) is 46.5. The molecule has 0 saturated heterocycles. The van der Waals surface area contributed by atoms with Gasteiger partial charge in [-0.15, -0.1) is 0 Å². The number of benzene rings is 3. The van der Waals surface area contributed by atoms with Crippen molar-refractivity contribution in [2.24, 2.45) is 4.99 Å². The van der Waals surface area contributed by atoms with Crippen LogP contribution in [0.4, 0.5) is 5.69 Å². The predicted molar refractivity (Wildman–Crippen MR) is 160 cm³/mol. The zero-order valence-corrected chi connectivity index (χ0v) is 24.0. The molecule has 4 aromatic rings. The Morgan fingerprint density at radius 3 is 2.46 bits per heavy atom. The molecule has 0 aliphatic carbocycles. The van der Waals surface area contributed by atoms with E-state index in [0.29, 0.717) is 33.2 Å². The molecule has 7 nitrogen and oxygen atoms in total. The molecule has 1 aromatic heterocycles. The van der Waals surface area contributed by atoms with Crippen LogP contribution in [0.15, 0.2) is 88.2 Å². The van der Waals surface area contributed by atoms with Crippen LogP contribution in [-0.4, -0.2) is 23.1 Å². The van der Waals surface area contributed by atoms with Crippen LogP contribution in [0.5, 0.6) is 0 Å². The van der Waals surface area contributed by atoms with Crippen molar-refractivity contribution in [1.29, 1.82) is 0 Å². The number of amides is 1. The van der Waals surface area contributed by atoms with E-state index in [-0.39, 0.29) is 28.2 Å². The first-order valence-corrected chi connectivity index (χ1v) is 14.4. The molecule has 1 amide bonds. The van der Waals surface area contributed by atoms with E-state index in [1.54, 1.807) is 6.92 Å². The summed E-state index contributed by atoms with van der Waals surface area (Å²) >= 11 is 1.16. The zero-order chi connectivity index (χ0) is 28.8. The SMILES string of the molecule is CCOC(=O)C1=C(c2ccccc2)N=c2s/c(=C3\C(=O)Nc4ccc(C)cc43)c(=O)n2[C@H]1c1ccc(C(C)C)cc1. The molecule has 0 saturated carbocycles. The number of anilines is 1. The first-order valence-electron chi connectivity index (χ1n) is 13.6. The number of aromatic nitrogens is 1. The second-order valence-electron chi connectivity index (χ2n) is 10.5. The van der Waals surface area contributed by atoms with Gasteiger partial charge < -0.3 is 10.1 Å². The van der Waals surface area contributed by atoms with Crippen molar-refractivity contribution in [2.45, 2.75) is 39.7 Å².